The molecule has 264 valence electrons. The Kier molecular flexibility index (Phi) is 20.5. The molecule has 0 aliphatic rings. The largest absolute Gasteiger partial charge is 0.445 e. The van der Waals surface area contributed by atoms with Crippen LogP contribution in [-0.2, 0) is 35.3 Å². The summed E-state index contributed by atoms with van der Waals surface area (Å²) in [4.78, 5) is 63.8. The van der Waals surface area contributed by atoms with Crippen LogP contribution in [0.1, 0.15) is 105 Å². The number of rotatable bonds is 23. The van der Waals surface area contributed by atoms with Gasteiger partial charge in [0, 0.05) is 13.0 Å². The average Bonchev–Trinajstić information content (AvgIpc) is 3.00. The number of alkyl carbamates (subject to hydrolysis) is 1. The van der Waals surface area contributed by atoms with Crippen molar-refractivity contribution >= 4 is 29.8 Å². The Morgan fingerprint density at radius 2 is 1.21 bits per heavy atom. The maximum atomic E-state index is 13.4. The molecule has 1 rings (SSSR count). The molecule has 1 aromatic rings. The van der Waals surface area contributed by atoms with Gasteiger partial charge in [-0.05, 0) is 55.4 Å². The standard InChI is InChI=1S/C36H58N4O7/c1-8-46-35(44)31(23-27(6)7)40-34(43)30(22-26(4)5)39-33(42)29(21-25(2)3)38-32(41)19-15-10-9-11-16-20-37-36(45)47-24-28-17-13-12-14-18-28/h8,12-14,17-18,25-27,29-31H,1,9-11,15-16,19-24H2,2-7H3,(H,37,45)(H,38,41)(H,39,42)(H,40,43)/t29-,30-,31-/m0/s1. The summed E-state index contributed by atoms with van der Waals surface area (Å²) in [7, 11) is 0. The highest BCUT2D eigenvalue weighted by atomic mass is 16.5. The van der Waals surface area contributed by atoms with Gasteiger partial charge in [-0.15, -0.1) is 0 Å². The summed E-state index contributed by atoms with van der Waals surface area (Å²) in [6.45, 7) is 15.8. The van der Waals surface area contributed by atoms with E-state index in [1.165, 1.54) is 0 Å². The van der Waals surface area contributed by atoms with Crippen LogP contribution in [0.3, 0.4) is 0 Å². The van der Waals surface area contributed by atoms with Gasteiger partial charge >= 0.3 is 12.1 Å². The predicted molar refractivity (Wildman–Crippen MR) is 183 cm³/mol. The Morgan fingerprint density at radius 1 is 0.702 bits per heavy atom. The highest BCUT2D eigenvalue weighted by Crippen LogP contribution is 2.12. The summed E-state index contributed by atoms with van der Waals surface area (Å²) in [6, 6.07) is 6.93. The van der Waals surface area contributed by atoms with Gasteiger partial charge in [0.15, 0.2) is 0 Å². The van der Waals surface area contributed by atoms with Gasteiger partial charge in [-0.2, -0.15) is 0 Å². The lowest BCUT2D eigenvalue weighted by Crippen LogP contribution is -2.56. The first kappa shape index (κ1) is 41.1. The minimum absolute atomic E-state index is 0.0807. The second-order valence-corrected chi connectivity index (χ2v) is 13.2. The average molecular weight is 659 g/mol. The SMILES string of the molecule is C=COC(=O)[C@H](CC(C)C)NC(=O)[C@H](CC(C)C)NC(=O)[C@H](CC(C)C)NC(=O)CCCCCCCNC(=O)OCc1ccccc1. The van der Waals surface area contributed by atoms with E-state index in [-0.39, 0.29) is 36.7 Å². The maximum Gasteiger partial charge on any atom is 0.407 e. The Hall–Kier alpha value is -3.89. The molecule has 0 spiro atoms. The number of unbranched alkanes of at least 4 members (excludes halogenated alkanes) is 4. The fourth-order valence-electron chi connectivity index (χ4n) is 4.97. The monoisotopic (exact) mass is 658 g/mol. The van der Waals surface area contributed by atoms with Gasteiger partial charge in [0.25, 0.3) is 0 Å². The van der Waals surface area contributed by atoms with Crippen LogP contribution in [0.2, 0.25) is 0 Å². The molecular weight excluding hydrogens is 600 g/mol. The molecule has 0 heterocycles. The Labute approximate surface area is 281 Å². The van der Waals surface area contributed by atoms with E-state index in [1.54, 1.807) is 0 Å². The molecule has 0 unspecified atom stereocenters. The number of benzene rings is 1. The van der Waals surface area contributed by atoms with Gasteiger partial charge in [0.05, 0.1) is 6.26 Å². The zero-order valence-electron chi connectivity index (χ0n) is 29.3. The number of carbonyl (C=O) groups excluding carboxylic acids is 5. The number of amides is 4. The Morgan fingerprint density at radius 3 is 1.79 bits per heavy atom. The van der Waals surface area contributed by atoms with Crippen molar-refractivity contribution < 1.29 is 33.4 Å². The Bertz CT molecular complexity index is 1110. The van der Waals surface area contributed by atoms with Gasteiger partial charge in [-0.25, -0.2) is 9.59 Å². The van der Waals surface area contributed by atoms with Crippen molar-refractivity contribution in [2.45, 2.75) is 124 Å². The summed E-state index contributed by atoms with van der Waals surface area (Å²) in [5.74, 6) is -1.43. The number of hydrogen-bond acceptors (Lipinski definition) is 7. The van der Waals surface area contributed by atoms with Crippen LogP contribution in [0, 0.1) is 17.8 Å². The molecule has 0 aliphatic heterocycles. The zero-order valence-corrected chi connectivity index (χ0v) is 29.3. The molecule has 11 heteroatoms. The van der Waals surface area contributed by atoms with E-state index >= 15 is 0 Å². The van der Waals surface area contributed by atoms with E-state index in [4.69, 9.17) is 9.47 Å². The van der Waals surface area contributed by atoms with E-state index in [9.17, 15) is 24.0 Å². The third kappa shape index (κ3) is 19.4. The van der Waals surface area contributed by atoms with Crippen molar-refractivity contribution in [2.75, 3.05) is 6.54 Å². The number of hydrogen-bond donors (Lipinski definition) is 4. The number of esters is 1. The van der Waals surface area contributed by atoms with Crippen molar-refractivity contribution in [1.29, 1.82) is 0 Å². The van der Waals surface area contributed by atoms with Crippen LogP contribution < -0.4 is 21.3 Å². The molecule has 0 radical (unpaired) electrons. The van der Waals surface area contributed by atoms with Crippen molar-refractivity contribution in [3.8, 4) is 0 Å². The number of nitrogens with one attached hydrogen (secondary N) is 4. The lowest BCUT2D eigenvalue weighted by Gasteiger charge is -2.27. The normalized spacial score (nSPS) is 13.0. The Balaban J connectivity index is 2.54. The third-order valence-corrected chi connectivity index (χ3v) is 7.27. The molecule has 4 amide bonds. The lowest BCUT2D eigenvalue weighted by molar-refractivity contribution is -0.143. The summed E-state index contributed by atoms with van der Waals surface area (Å²) >= 11 is 0. The van der Waals surface area contributed by atoms with Crippen LogP contribution in [-0.4, -0.2) is 54.5 Å². The van der Waals surface area contributed by atoms with Crippen LogP contribution in [0.25, 0.3) is 0 Å². The van der Waals surface area contributed by atoms with Crippen LogP contribution in [0.5, 0.6) is 0 Å². The fraction of sp³-hybridized carbons (Fsp3) is 0.639. The van der Waals surface area contributed by atoms with Crippen LogP contribution in [0.15, 0.2) is 43.2 Å². The molecule has 0 aliphatic carbocycles. The molecule has 0 bridgehead atoms. The van der Waals surface area contributed by atoms with E-state index in [1.807, 2.05) is 71.9 Å². The van der Waals surface area contributed by atoms with E-state index in [2.05, 4.69) is 27.8 Å². The summed E-state index contributed by atoms with van der Waals surface area (Å²) in [6.07, 6.45) is 6.15. The summed E-state index contributed by atoms with van der Waals surface area (Å²) < 4.78 is 10.1. The van der Waals surface area contributed by atoms with E-state index in [0.717, 1.165) is 37.5 Å². The molecule has 0 fully saturated rings. The predicted octanol–water partition coefficient (Wildman–Crippen LogP) is 5.53. The third-order valence-electron chi connectivity index (χ3n) is 7.27. The van der Waals surface area contributed by atoms with Crippen LogP contribution >= 0.6 is 0 Å². The van der Waals surface area contributed by atoms with Gasteiger partial charge in [0.2, 0.25) is 17.7 Å². The quantitative estimate of drug-likeness (QED) is 0.0685. The van der Waals surface area contributed by atoms with Gasteiger partial charge in [0.1, 0.15) is 24.7 Å². The first-order valence-corrected chi connectivity index (χ1v) is 17.0. The van der Waals surface area contributed by atoms with E-state index < -0.39 is 42.0 Å². The molecule has 3 atom stereocenters. The first-order chi connectivity index (χ1) is 22.3. The smallest absolute Gasteiger partial charge is 0.407 e. The lowest BCUT2D eigenvalue weighted by atomic mass is 9.99. The van der Waals surface area contributed by atoms with Crippen molar-refractivity contribution in [3.05, 3.63) is 48.7 Å². The van der Waals surface area contributed by atoms with Crippen molar-refractivity contribution in [1.82, 2.24) is 21.3 Å². The van der Waals surface area contributed by atoms with Gasteiger partial charge < -0.3 is 30.7 Å². The molecule has 0 saturated carbocycles. The summed E-state index contributed by atoms with van der Waals surface area (Å²) in [5, 5.41) is 11.2. The highest BCUT2D eigenvalue weighted by Gasteiger charge is 2.31. The van der Waals surface area contributed by atoms with Crippen molar-refractivity contribution in [2.24, 2.45) is 17.8 Å². The van der Waals surface area contributed by atoms with Gasteiger partial charge in [-0.3, -0.25) is 14.4 Å². The fourth-order valence-corrected chi connectivity index (χ4v) is 4.97. The minimum atomic E-state index is -0.888. The van der Waals surface area contributed by atoms with E-state index in [0.29, 0.717) is 32.2 Å². The molecule has 47 heavy (non-hydrogen) atoms. The number of carbonyl (C=O) groups is 5. The molecule has 1 aromatic carbocycles. The molecular formula is C36H58N4O7. The maximum absolute atomic E-state index is 13.4. The summed E-state index contributed by atoms with van der Waals surface area (Å²) in [5.41, 5.74) is 0.931. The second kappa shape index (κ2) is 23.4. The van der Waals surface area contributed by atoms with Crippen LogP contribution in [0.4, 0.5) is 4.79 Å². The van der Waals surface area contributed by atoms with Gasteiger partial charge in [-0.1, -0.05) is 97.7 Å². The number of ether oxygens (including phenoxy) is 2. The topological polar surface area (TPSA) is 152 Å². The minimum Gasteiger partial charge on any atom is -0.445 e. The molecule has 0 saturated heterocycles. The molecule has 4 N–H and O–H groups in total. The highest BCUT2D eigenvalue weighted by molar-refractivity contribution is 5.93. The molecule has 11 nitrogen and oxygen atoms in total. The zero-order chi connectivity index (χ0) is 35.2. The first-order valence-electron chi connectivity index (χ1n) is 17.0. The molecule has 0 aromatic heterocycles. The van der Waals surface area contributed by atoms with Crippen molar-refractivity contribution in [3.63, 3.8) is 0 Å². The second-order valence-electron chi connectivity index (χ2n) is 13.2.